The van der Waals surface area contributed by atoms with Crippen molar-refractivity contribution in [2.24, 2.45) is 0 Å². The predicted octanol–water partition coefficient (Wildman–Crippen LogP) is 5.29. The molecule has 5 rings (SSSR count). The van der Waals surface area contributed by atoms with Gasteiger partial charge in [-0.3, -0.25) is 9.36 Å². The van der Waals surface area contributed by atoms with Crippen LogP contribution in [0, 0.1) is 6.92 Å². The SMILES string of the molecule is CCc1ccc(-n2c(=O)c3sc4ccccc4c3n(Cc3ccccc3C)c2=O)cc1. The molecule has 0 N–H and O–H groups in total. The number of thiophene rings is 1. The molecule has 4 nitrogen and oxygen atoms in total. The summed E-state index contributed by atoms with van der Waals surface area (Å²) < 4.78 is 4.68. The molecular formula is C26H22N2O2S. The van der Waals surface area contributed by atoms with Gasteiger partial charge >= 0.3 is 5.69 Å². The van der Waals surface area contributed by atoms with E-state index in [2.05, 4.69) is 6.92 Å². The molecule has 0 fully saturated rings. The molecule has 3 aromatic carbocycles. The average molecular weight is 427 g/mol. The van der Waals surface area contributed by atoms with Crippen LogP contribution >= 0.6 is 11.3 Å². The Labute approximate surface area is 183 Å². The van der Waals surface area contributed by atoms with Crippen LogP contribution in [0.25, 0.3) is 26.0 Å². The van der Waals surface area contributed by atoms with E-state index in [1.165, 1.54) is 21.5 Å². The molecule has 0 saturated carbocycles. The molecule has 0 aliphatic rings. The molecule has 0 amide bonds. The Bertz CT molecular complexity index is 1540. The Balaban J connectivity index is 1.87. The molecule has 31 heavy (non-hydrogen) atoms. The molecule has 0 bridgehead atoms. The number of fused-ring (bicyclic) bond motifs is 3. The number of hydrogen-bond acceptors (Lipinski definition) is 3. The number of aromatic nitrogens is 2. The fourth-order valence-corrected chi connectivity index (χ4v) is 5.20. The highest BCUT2D eigenvalue weighted by Gasteiger charge is 2.19. The molecule has 0 spiro atoms. The molecule has 0 radical (unpaired) electrons. The van der Waals surface area contributed by atoms with Gasteiger partial charge < -0.3 is 0 Å². The highest BCUT2D eigenvalue weighted by Crippen LogP contribution is 2.31. The topological polar surface area (TPSA) is 44.0 Å². The van der Waals surface area contributed by atoms with Gasteiger partial charge in [-0.1, -0.05) is 61.5 Å². The second kappa shape index (κ2) is 7.67. The largest absolute Gasteiger partial charge is 0.336 e. The fourth-order valence-electron chi connectivity index (χ4n) is 4.06. The van der Waals surface area contributed by atoms with Gasteiger partial charge in [0.2, 0.25) is 0 Å². The highest BCUT2D eigenvalue weighted by molar-refractivity contribution is 7.25. The van der Waals surface area contributed by atoms with Crippen LogP contribution in [-0.2, 0) is 13.0 Å². The van der Waals surface area contributed by atoms with E-state index in [0.717, 1.165) is 33.2 Å². The second-order valence-electron chi connectivity index (χ2n) is 7.73. The predicted molar refractivity (Wildman–Crippen MR) is 129 cm³/mol. The van der Waals surface area contributed by atoms with Gasteiger partial charge in [0.15, 0.2) is 0 Å². The second-order valence-corrected chi connectivity index (χ2v) is 8.78. The summed E-state index contributed by atoms with van der Waals surface area (Å²) >= 11 is 1.45. The third-order valence-corrected chi connectivity index (χ3v) is 7.00. The zero-order chi connectivity index (χ0) is 21.5. The van der Waals surface area contributed by atoms with Crippen molar-refractivity contribution in [3.05, 3.63) is 110 Å². The Morgan fingerprint density at radius 1 is 0.871 bits per heavy atom. The van der Waals surface area contributed by atoms with Gasteiger partial charge in [0.25, 0.3) is 5.56 Å². The minimum atomic E-state index is -0.312. The molecule has 154 valence electrons. The van der Waals surface area contributed by atoms with Gasteiger partial charge in [-0.25, -0.2) is 9.36 Å². The summed E-state index contributed by atoms with van der Waals surface area (Å²) in [5.74, 6) is 0. The van der Waals surface area contributed by atoms with Crippen LogP contribution in [0.1, 0.15) is 23.6 Å². The van der Waals surface area contributed by atoms with E-state index >= 15 is 0 Å². The molecule has 0 aliphatic carbocycles. The zero-order valence-electron chi connectivity index (χ0n) is 17.5. The smallest absolute Gasteiger partial charge is 0.287 e. The van der Waals surface area contributed by atoms with Crippen LogP contribution in [0.15, 0.2) is 82.4 Å². The Morgan fingerprint density at radius 3 is 2.32 bits per heavy atom. The lowest BCUT2D eigenvalue weighted by Crippen LogP contribution is -2.38. The standard InChI is InChI=1S/C26H22N2O2S/c1-3-18-12-14-20(15-13-18)28-25(29)24-23(21-10-6-7-11-22(21)31-24)27(26(28)30)16-19-9-5-4-8-17(19)2/h4-15H,3,16H2,1-2H3. The van der Waals surface area contributed by atoms with E-state index in [4.69, 9.17) is 0 Å². The lowest BCUT2D eigenvalue weighted by Gasteiger charge is -2.14. The normalized spacial score (nSPS) is 11.4. The Kier molecular flexibility index (Phi) is 4.83. The van der Waals surface area contributed by atoms with Gasteiger partial charge in [-0.05, 0) is 48.2 Å². The Hall–Kier alpha value is -3.44. The van der Waals surface area contributed by atoms with Crippen molar-refractivity contribution in [2.75, 3.05) is 0 Å². The summed E-state index contributed by atoms with van der Waals surface area (Å²) in [5, 5.41) is 0.943. The lowest BCUT2D eigenvalue weighted by molar-refractivity contribution is 0.715. The van der Waals surface area contributed by atoms with Crippen LogP contribution in [-0.4, -0.2) is 9.13 Å². The van der Waals surface area contributed by atoms with E-state index in [1.807, 2.05) is 79.7 Å². The molecule has 0 saturated heterocycles. The zero-order valence-corrected chi connectivity index (χ0v) is 18.3. The summed E-state index contributed by atoms with van der Waals surface area (Å²) in [6.07, 6.45) is 0.905. The molecule has 0 unspecified atom stereocenters. The van der Waals surface area contributed by atoms with Gasteiger partial charge in [0.1, 0.15) is 4.70 Å². The first-order valence-corrected chi connectivity index (χ1v) is 11.2. The van der Waals surface area contributed by atoms with Crippen LogP contribution in [0.4, 0.5) is 0 Å². The van der Waals surface area contributed by atoms with Crippen molar-refractivity contribution in [3.8, 4) is 5.69 Å². The highest BCUT2D eigenvalue weighted by atomic mass is 32.1. The number of hydrogen-bond donors (Lipinski definition) is 0. The maximum atomic E-state index is 13.7. The molecule has 2 heterocycles. The molecule has 0 aliphatic heterocycles. The molecular weight excluding hydrogens is 404 g/mol. The van der Waals surface area contributed by atoms with E-state index in [1.54, 1.807) is 4.57 Å². The van der Waals surface area contributed by atoms with Crippen LogP contribution in [0.5, 0.6) is 0 Å². The third-order valence-electron chi connectivity index (χ3n) is 5.85. The van der Waals surface area contributed by atoms with Crippen LogP contribution in [0.3, 0.4) is 0 Å². The van der Waals surface area contributed by atoms with Crippen molar-refractivity contribution in [3.63, 3.8) is 0 Å². The summed E-state index contributed by atoms with van der Waals surface area (Å²) in [5.41, 5.74) is 4.10. The van der Waals surface area contributed by atoms with Crippen LogP contribution in [0.2, 0.25) is 0 Å². The van der Waals surface area contributed by atoms with Crippen LogP contribution < -0.4 is 11.2 Å². The average Bonchev–Trinajstić information content (AvgIpc) is 3.18. The lowest BCUT2D eigenvalue weighted by atomic mass is 10.1. The van der Waals surface area contributed by atoms with Gasteiger partial charge in [-0.2, -0.15) is 0 Å². The number of nitrogens with zero attached hydrogens (tertiary/aromatic N) is 2. The summed E-state index contributed by atoms with van der Waals surface area (Å²) in [4.78, 5) is 27.3. The van der Waals surface area contributed by atoms with Crippen molar-refractivity contribution in [2.45, 2.75) is 26.8 Å². The fraction of sp³-hybridized carbons (Fsp3) is 0.154. The quantitative estimate of drug-likeness (QED) is 0.392. The van der Waals surface area contributed by atoms with Crippen molar-refractivity contribution >= 4 is 31.6 Å². The van der Waals surface area contributed by atoms with E-state index in [-0.39, 0.29) is 11.2 Å². The molecule has 2 aromatic heterocycles. The number of benzene rings is 3. The first-order valence-electron chi connectivity index (χ1n) is 10.4. The maximum Gasteiger partial charge on any atom is 0.336 e. The summed E-state index contributed by atoms with van der Waals surface area (Å²) in [7, 11) is 0. The molecule has 5 aromatic rings. The van der Waals surface area contributed by atoms with Gasteiger partial charge in [0, 0.05) is 10.1 Å². The summed E-state index contributed by atoms with van der Waals surface area (Å²) in [6, 6.07) is 23.6. The van der Waals surface area contributed by atoms with E-state index in [0.29, 0.717) is 16.9 Å². The van der Waals surface area contributed by atoms with Gasteiger partial charge in [-0.15, -0.1) is 11.3 Å². The first-order chi connectivity index (χ1) is 15.1. The monoisotopic (exact) mass is 426 g/mol. The molecule has 5 heteroatoms. The van der Waals surface area contributed by atoms with Crippen molar-refractivity contribution in [1.29, 1.82) is 0 Å². The minimum absolute atomic E-state index is 0.258. The van der Waals surface area contributed by atoms with Crippen molar-refractivity contribution < 1.29 is 0 Å². The minimum Gasteiger partial charge on any atom is -0.287 e. The Morgan fingerprint density at radius 2 is 1.58 bits per heavy atom. The van der Waals surface area contributed by atoms with Gasteiger partial charge in [0.05, 0.1) is 17.7 Å². The molecule has 0 atom stereocenters. The first kappa shape index (κ1) is 19.5. The maximum absolute atomic E-state index is 13.7. The number of aryl methyl sites for hydroxylation is 2. The number of rotatable bonds is 4. The van der Waals surface area contributed by atoms with E-state index < -0.39 is 0 Å². The van der Waals surface area contributed by atoms with Crippen molar-refractivity contribution in [1.82, 2.24) is 9.13 Å². The third kappa shape index (κ3) is 3.22. The van der Waals surface area contributed by atoms with E-state index in [9.17, 15) is 9.59 Å². The summed E-state index contributed by atoms with van der Waals surface area (Å²) in [6.45, 7) is 4.54.